The third kappa shape index (κ3) is 6.31. The van der Waals surface area contributed by atoms with Crippen molar-refractivity contribution in [3.8, 4) is 0 Å². The number of urea groups is 1. The van der Waals surface area contributed by atoms with Crippen LogP contribution in [0.3, 0.4) is 0 Å². The molecule has 158 valence electrons. The first kappa shape index (κ1) is 22.9. The lowest BCUT2D eigenvalue weighted by molar-refractivity contribution is -0.141. The van der Waals surface area contributed by atoms with Gasteiger partial charge >= 0.3 is 12.2 Å². The Morgan fingerprint density at radius 1 is 1.28 bits per heavy atom. The molecule has 0 aromatic carbocycles. The molecule has 2 heterocycles. The number of thioether (sulfide) groups is 1. The van der Waals surface area contributed by atoms with Gasteiger partial charge in [-0.1, -0.05) is 13.8 Å². The van der Waals surface area contributed by atoms with Gasteiger partial charge in [0.2, 0.25) is 0 Å². The second kappa shape index (κ2) is 9.43. The standard InChI is InChI=1S/C19H24F3N5OS/c1-18(2,29-15-3-4-16(25-12-15)19(20,21)22)13-6-9-27(10-7-13)17(28)26-14(11-24)5-8-23/h3-5,8,11-13,23-24H,6-7,9-10H2,1-2H3,(H,26,28)/b14-5+,23-8?,24-11?. The summed E-state index contributed by atoms with van der Waals surface area (Å²) < 4.78 is 37.8. The number of halogens is 3. The number of nitrogens with one attached hydrogen (secondary N) is 3. The largest absolute Gasteiger partial charge is 0.433 e. The van der Waals surface area contributed by atoms with Crippen molar-refractivity contribution >= 4 is 30.2 Å². The molecule has 0 aliphatic carbocycles. The fourth-order valence-corrected chi connectivity index (χ4v) is 4.44. The van der Waals surface area contributed by atoms with Crippen molar-refractivity contribution in [1.29, 1.82) is 10.8 Å². The Bertz CT molecular complexity index is 769. The average molecular weight is 427 g/mol. The molecule has 6 nitrogen and oxygen atoms in total. The van der Waals surface area contributed by atoms with Crippen LogP contribution in [0.1, 0.15) is 32.4 Å². The Morgan fingerprint density at radius 2 is 1.93 bits per heavy atom. The van der Waals surface area contributed by atoms with Gasteiger partial charge in [-0.15, -0.1) is 11.8 Å². The minimum Gasteiger partial charge on any atom is -0.325 e. The minimum atomic E-state index is -4.45. The van der Waals surface area contributed by atoms with Gasteiger partial charge in [-0.25, -0.2) is 4.79 Å². The highest BCUT2D eigenvalue weighted by molar-refractivity contribution is 8.00. The van der Waals surface area contributed by atoms with Gasteiger partial charge in [0.05, 0.1) is 5.70 Å². The Labute approximate surface area is 172 Å². The highest BCUT2D eigenvalue weighted by atomic mass is 32.2. The quantitative estimate of drug-likeness (QED) is 0.458. The van der Waals surface area contributed by atoms with Crippen LogP contribution in [0.5, 0.6) is 0 Å². The summed E-state index contributed by atoms with van der Waals surface area (Å²) in [5.41, 5.74) is -0.654. The smallest absolute Gasteiger partial charge is 0.325 e. The highest BCUT2D eigenvalue weighted by Gasteiger charge is 2.36. The number of amides is 2. The van der Waals surface area contributed by atoms with Gasteiger partial charge in [0.25, 0.3) is 0 Å². The number of hydrogen-bond donors (Lipinski definition) is 3. The summed E-state index contributed by atoms with van der Waals surface area (Å²) in [5, 5.41) is 16.9. The molecule has 1 aliphatic heterocycles. The van der Waals surface area contributed by atoms with E-state index < -0.39 is 11.9 Å². The molecule has 1 aromatic heterocycles. The topological polar surface area (TPSA) is 92.9 Å². The number of hydrogen-bond acceptors (Lipinski definition) is 5. The average Bonchev–Trinajstić information content (AvgIpc) is 2.67. The van der Waals surface area contributed by atoms with Crippen molar-refractivity contribution in [1.82, 2.24) is 15.2 Å². The highest BCUT2D eigenvalue weighted by Crippen LogP contribution is 2.42. The van der Waals surface area contributed by atoms with Crippen LogP contribution in [0.2, 0.25) is 0 Å². The van der Waals surface area contributed by atoms with Crippen molar-refractivity contribution in [2.75, 3.05) is 13.1 Å². The lowest BCUT2D eigenvalue weighted by Gasteiger charge is -2.40. The minimum absolute atomic E-state index is 0.232. The third-order valence-electron chi connectivity index (χ3n) is 4.84. The van der Waals surface area contributed by atoms with Gasteiger partial charge in [-0.3, -0.25) is 4.98 Å². The van der Waals surface area contributed by atoms with E-state index in [0.717, 1.165) is 31.3 Å². The molecule has 0 spiro atoms. The van der Waals surface area contributed by atoms with Crippen LogP contribution < -0.4 is 5.32 Å². The Morgan fingerprint density at radius 3 is 2.41 bits per heavy atom. The van der Waals surface area contributed by atoms with Gasteiger partial charge in [-0.2, -0.15) is 13.2 Å². The second-order valence-corrected chi connectivity index (χ2v) is 8.93. The molecule has 0 saturated carbocycles. The summed E-state index contributed by atoms with van der Waals surface area (Å²) in [7, 11) is 0. The van der Waals surface area contributed by atoms with Gasteiger partial charge in [0.1, 0.15) is 5.69 Å². The predicted octanol–water partition coefficient (Wildman–Crippen LogP) is 4.58. The lowest BCUT2D eigenvalue weighted by Crippen LogP contribution is -2.47. The first-order valence-electron chi connectivity index (χ1n) is 9.06. The zero-order valence-electron chi connectivity index (χ0n) is 16.2. The van der Waals surface area contributed by atoms with E-state index in [1.165, 1.54) is 30.1 Å². The SMILES string of the molecule is CC(C)(Sc1ccc(C(F)(F)F)nc1)C1CCN(C(=O)N/C(C=N)=C/C=N)CC1. The van der Waals surface area contributed by atoms with E-state index in [-0.39, 0.29) is 22.4 Å². The number of aromatic nitrogens is 1. The van der Waals surface area contributed by atoms with Crippen LogP contribution in [0, 0.1) is 16.7 Å². The normalized spacial score (nSPS) is 16.4. The maximum absolute atomic E-state index is 12.7. The van der Waals surface area contributed by atoms with Crippen LogP contribution in [-0.4, -0.2) is 46.2 Å². The Hall–Kier alpha value is -2.36. The van der Waals surface area contributed by atoms with Crippen LogP contribution in [0.15, 0.2) is 35.0 Å². The number of carbonyl (C=O) groups is 1. The molecule has 0 bridgehead atoms. The lowest BCUT2D eigenvalue weighted by atomic mass is 9.86. The van der Waals surface area contributed by atoms with Gasteiger partial charge in [0, 0.05) is 41.4 Å². The third-order valence-corrected chi connectivity index (χ3v) is 6.18. The van der Waals surface area contributed by atoms with Gasteiger partial charge in [-0.05, 0) is 37.0 Å². The number of likely N-dealkylation sites (tertiary alicyclic amines) is 1. The molecule has 2 rings (SSSR count). The van der Waals surface area contributed by atoms with Crippen molar-refractivity contribution in [3.05, 3.63) is 35.8 Å². The number of alkyl halides is 3. The maximum Gasteiger partial charge on any atom is 0.433 e. The number of pyridine rings is 1. The van der Waals surface area contributed by atoms with Crippen LogP contribution >= 0.6 is 11.8 Å². The summed E-state index contributed by atoms with van der Waals surface area (Å²) in [5.74, 6) is 0.276. The van der Waals surface area contributed by atoms with Crippen LogP contribution in [-0.2, 0) is 6.18 Å². The van der Waals surface area contributed by atoms with E-state index in [9.17, 15) is 18.0 Å². The molecular formula is C19H24F3N5OS. The van der Waals surface area contributed by atoms with Crippen molar-refractivity contribution in [2.24, 2.45) is 5.92 Å². The molecule has 0 atom stereocenters. The second-order valence-electron chi connectivity index (χ2n) is 7.21. The van der Waals surface area contributed by atoms with E-state index in [2.05, 4.69) is 24.1 Å². The molecule has 2 amide bonds. The molecule has 3 N–H and O–H groups in total. The Balaban J connectivity index is 1.93. The fourth-order valence-electron chi connectivity index (χ4n) is 3.19. The van der Waals surface area contributed by atoms with Crippen LogP contribution in [0.4, 0.5) is 18.0 Å². The molecule has 1 saturated heterocycles. The summed E-state index contributed by atoms with van der Waals surface area (Å²) in [6.45, 7) is 5.19. The van der Waals surface area contributed by atoms with Crippen LogP contribution in [0.25, 0.3) is 0 Å². The van der Waals surface area contributed by atoms with Gasteiger partial charge in [0.15, 0.2) is 0 Å². The van der Waals surface area contributed by atoms with E-state index in [0.29, 0.717) is 18.0 Å². The van der Waals surface area contributed by atoms with E-state index in [1.807, 2.05) is 0 Å². The summed E-state index contributed by atoms with van der Waals surface area (Å²) in [6, 6.07) is 2.13. The summed E-state index contributed by atoms with van der Waals surface area (Å²) in [6.07, 6.45) is 1.64. The number of allylic oxidation sites excluding steroid dienone is 2. The first-order valence-corrected chi connectivity index (χ1v) is 9.88. The first-order chi connectivity index (χ1) is 13.6. The molecule has 29 heavy (non-hydrogen) atoms. The van der Waals surface area contributed by atoms with E-state index >= 15 is 0 Å². The van der Waals surface area contributed by atoms with E-state index in [1.54, 1.807) is 4.90 Å². The number of rotatable bonds is 6. The molecule has 10 heteroatoms. The van der Waals surface area contributed by atoms with Crippen molar-refractivity contribution in [2.45, 2.75) is 42.5 Å². The number of carbonyl (C=O) groups excluding carboxylic acids is 1. The zero-order chi connectivity index (χ0) is 21.7. The Kier molecular flexibility index (Phi) is 7.45. The zero-order valence-corrected chi connectivity index (χ0v) is 17.0. The fraction of sp³-hybridized carbons (Fsp3) is 0.474. The summed E-state index contributed by atoms with van der Waals surface area (Å²) in [4.78, 5) is 18.2. The maximum atomic E-state index is 12.7. The molecule has 1 aromatic rings. The molecule has 0 unspecified atom stereocenters. The molecule has 1 fully saturated rings. The van der Waals surface area contributed by atoms with Crippen molar-refractivity contribution in [3.63, 3.8) is 0 Å². The molecule has 1 aliphatic rings. The van der Waals surface area contributed by atoms with E-state index in [4.69, 9.17) is 10.8 Å². The molecule has 0 radical (unpaired) electrons. The number of piperidine rings is 1. The predicted molar refractivity (Wildman–Crippen MR) is 108 cm³/mol. The van der Waals surface area contributed by atoms with Gasteiger partial charge < -0.3 is 21.0 Å². The van der Waals surface area contributed by atoms with Crippen molar-refractivity contribution < 1.29 is 18.0 Å². The number of nitrogens with zero attached hydrogens (tertiary/aromatic N) is 2. The summed E-state index contributed by atoms with van der Waals surface area (Å²) >= 11 is 1.49. The monoisotopic (exact) mass is 427 g/mol. The molecular weight excluding hydrogens is 403 g/mol.